The minimum absolute atomic E-state index is 0.346. The fraction of sp³-hybridized carbons (Fsp3) is 0.800. The molecule has 6 fully saturated rings. The van der Waals surface area contributed by atoms with Gasteiger partial charge < -0.3 is 0 Å². The maximum atomic E-state index is 14.0. The molecular weight excluding hydrogens is 253 g/mol. The average Bonchev–Trinajstić information content (AvgIpc) is 2.31. The summed E-state index contributed by atoms with van der Waals surface area (Å²) in [7, 11) is 0. The molecule has 92 valence electrons. The number of allylic oxidation sites excluding steroid dienone is 1. The van der Waals surface area contributed by atoms with E-state index in [1.807, 2.05) is 0 Å². The summed E-state index contributed by atoms with van der Waals surface area (Å²) in [5.41, 5.74) is -29.7. The van der Waals surface area contributed by atoms with Gasteiger partial charge in [0.05, 0.1) is 0 Å². The Balaban J connectivity index is 1.94. The molecule has 0 radical (unpaired) electrons. The molecule has 0 atom stereocenters. The van der Waals surface area contributed by atoms with Crippen LogP contribution in [0.5, 0.6) is 0 Å². The van der Waals surface area contributed by atoms with Crippen molar-refractivity contribution >= 4 is 0 Å². The van der Waals surface area contributed by atoms with Crippen molar-refractivity contribution in [1.82, 2.24) is 0 Å². The average molecular weight is 256 g/mol. The van der Waals surface area contributed by atoms with Crippen LogP contribution < -0.4 is 0 Å². The summed E-state index contributed by atoms with van der Waals surface area (Å²) >= 11 is 0. The van der Waals surface area contributed by atoms with Crippen LogP contribution in [0.2, 0.25) is 0 Å². The molecule has 17 heavy (non-hydrogen) atoms. The first-order chi connectivity index (χ1) is 7.56. The summed E-state index contributed by atoms with van der Waals surface area (Å²) in [6, 6.07) is 0. The molecule has 6 aliphatic rings. The zero-order valence-corrected chi connectivity index (χ0v) is 7.93. The zero-order valence-electron chi connectivity index (χ0n) is 7.93. The van der Waals surface area contributed by atoms with Gasteiger partial charge in [-0.3, -0.25) is 0 Å². The van der Waals surface area contributed by atoms with E-state index in [2.05, 4.69) is 6.58 Å². The number of halogens is 7. The molecule has 0 aromatic rings. The van der Waals surface area contributed by atoms with Crippen molar-refractivity contribution in [2.75, 3.05) is 0 Å². The normalized spacial score (nSPS) is 92.2. The first kappa shape index (κ1) is 9.22. The second-order valence-corrected chi connectivity index (χ2v) is 5.62. The van der Waals surface area contributed by atoms with E-state index in [1.54, 1.807) is 0 Å². The third-order valence-electron chi connectivity index (χ3n) is 6.21. The van der Waals surface area contributed by atoms with Gasteiger partial charge in [-0.05, 0) is 0 Å². The van der Waals surface area contributed by atoms with Crippen LogP contribution in [0.1, 0.15) is 0 Å². The predicted octanol–water partition coefficient (Wildman–Crippen LogP) is 2.18. The van der Waals surface area contributed by atoms with Gasteiger partial charge in [-0.2, -0.15) is 0 Å². The highest BCUT2D eigenvalue weighted by molar-refractivity contribution is 5.94. The van der Waals surface area contributed by atoms with Crippen LogP contribution in [-0.2, 0) is 0 Å². The molecular formula is C10H3F7. The first-order valence-corrected chi connectivity index (χ1v) is 5.02. The Morgan fingerprint density at radius 2 is 0.765 bits per heavy atom. The van der Waals surface area contributed by atoms with Crippen LogP contribution in [0, 0.1) is 5.41 Å². The molecule has 0 spiro atoms. The molecule has 0 unspecified atom stereocenters. The molecule has 0 aliphatic heterocycles. The van der Waals surface area contributed by atoms with Crippen LogP contribution in [0.15, 0.2) is 12.7 Å². The Kier molecular flexibility index (Phi) is 0.721. The van der Waals surface area contributed by atoms with Crippen molar-refractivity contribution in [3.8, 4) is 0 Å². The summed E-state index contributed by atoms with van der Waals surface area (Å²) in [5, 5.41) is 0. The maximum absolute atomic E-state index is 14.0. The third-order valence-corrected chi connectivity index (χ3v) is 6.21. The van der Waals surface area contributed by atoms with Gasteiger partial charge in [0.1, 0.15) is 5.41 Å². The van der Waals surface area contributed by atoms with E-state index in [4.69, 9.17) is 0 Å². The summed E-state index contributed by atoms with van der Waals surface area (Å²) < 4.78 is 97.4. The quantitative estimate of drug-likeness (QED) is 0.498. The number of hydrogen-bond donors (Lipinski definition) is 0. The van der Waals surface area contributed by atoms with Crippen molar-refractivity contribution in [1.29, 1.82) is 0 Å². The molecule has 6 saturated carbocycles. The second-order valence-electron chi connectivity index (χ2n) is 5.62. The Morgan fingerprint density at radius 1 is 0.529 bits per heavy atom. The van der Waals surface area contributed by atoms with Crippen molar-refractivity contribution < 1.29 is 30.7 Å². The van der Waals surface area contributed by atoms with Gasteiger partial charge >= 0.3 is 0 Å². The van der Waals surface area contributed by atoms with Gasteiger partial charge in [-0.1, -0.05) is 6.08 Å². The van der Waals surface area contributed by atoms with E-state index in [0.29, 0.717) is 6.08 Å². The lowest BCUT2D eigenvalue weighted by molar-refractivity contribution is -0.794. The van der Waals surface area contributed by atoms with Crippen molar-refractivity contribution in [3.63, 3.8) is 0 Å². The zero-order chi connectivity index (χ0) is 12.7. The Bertz CT molecular complexity index is 493. The lowest BCUT2D eigenvalue weighted by Gasteiger charge is -3.14. The molecule has 0 amide bonds. The minimum Gasteiger partial charge on any atom is -0.235 e. The van der Waals surface area contributed by atoms with E-state index in [-0.39, 0.29) is 0 Å². The number of hydrogen-bond acceptors (Lipinski definition) is 0. The maximum Gasteiger partial charge on any atom is 0.232 e. The summed E-state index contributed by atoms with van der Waals surface area (Å²) in [4.78, 5) is 0. The predicted molar refractivity (Wildman–Crippen MR) is 39.5 cm³/mol. The van der Waals surface area contributed by atoms with Crippen LogP contribution >= 0.6 is 0 Å². The van der Waals surface area contributed by atoms with Gasteiger partial charge in [-0.25, -0.2) is 30.7 Å². The number of rotatable bonds is 1. The van der Waals surface area contributed by atoms with Crippen molar-refractivity contribution in [2.45, 2.75) is 39.7 Å². The fourth-order valence-corrected chi connectivity index (χ4v) is 5.95. The van der Waals surface area contributed by atoms with E-state index < -0.39 is 45.1 Å². The highest BCUT2D eigenvalue weighted by Crippen LogP contribution is 3.19. The van der Waals surface area contributed by atoms with Gasteiger partial charge in [0.15, 0.2) is 0 Å². The highest BCUT2D eigenvalue weighted by atomic mass is 19.2. The van der Waals surface area contributed by atoms with Crippen LogP contribution in [0.4, 0.5) is 30.7 Å². The molecule has 6 rings (SSSR count). The molecule has 6 aliphatic carbocycles. The highest BCUT2D eigenvalue weighted by Gasteiger charge is 3.49. The van der Waals surface area contributed by atoms with E-state index >= 15 is 0 Å². The largest absolute Gasteiger partial charge is 0.235 e. The molecule has 0 heterocycles. The molecule has 0 aromatic heterocycles. The molecule has 7 heteroatoms. The monoisotopic (exact) mass is 256 g/mol. The molecule has 0 N–H and O–H groups in total. The number of alkyl halides is 7. The van der Waals surface area contributed by atoms with Crippen molar-refractivity contribution in [2.24, 2.45) is 5.41 Å². The van der Waals surface area contributed by atoms with E-state index in [9.17, 15) is 30.7 Å². The smallest absolute Gasteiger partial charge is 0.232 e. The Morgan fingerprint density at radius 3 is 1.00 bits per heavy atom. The lowest BCUT2D eigenvalue weighted by atomic mass is 8.88. The third kappa shape index (κ3) is 0.220. The Labute approximate surface area is 89.5 Å². The minimum atomic E-state index is -4.03. The van der Waals surface area contributed by atoms with Gasteiger partial charge in [0, 0.05) is 0 Å². The van der Waals surface area contributed by atoms with Crippen molar-refractivity contribution in [3.05, 3.63) is 12.7 Å². The van der Waals surface area contributed by atoms with Crippen LogP contribution in [0.25, 0.3) is 0 Å². The SMILES string of the molecule is C=CC12C3(F)C4(F)C5(F)C3(F)C1(F)C5(F)C42F. The standard InChI is InChI=1S/C10H3F7/c1-2-3-4(11)7(14)5(3,12)9(16)6(3,13)8(4,15)10(7,9)17/h2H,1H2. The topological polar surface area (TPSA) is 0 Å². The summed E-state index contributed by atoms with van der Waals surface area (Å²) in [6.45, 7) is 2.91. The van der Waals surface area contributed by atoms with Crippen LogP contribution in [-0.4, -0.2) is 39.7 Å². The second kappa shape index (κ2) is 1.33. The summed E-state index contributed by atoms with van der Waals surface area (Å²) in [5.74, 6) is 0. The summed E-state index contributed by atoms with van der Waals surface area (Å²) in [6.07, 6.45) is 0.346. The molecule has 0 nitrogen and oxygen atoms in total. The molecule has 0 aromatic carbocycles. The van der Waals surface area contributed by atoms with Crippen LogP contribution in [0.3, 0.4) is 0 Å². The molecule has 0 saturated heterocycles. The van der Waals surface area contributed by atoms with E-state index in [0.717, 1.165) is 0 Å². The van der Waals surface area contributed by atoms with Gasteiger partial charge in [0.25, 0.3) is 0 Å². The van der Waals surface area contributed by atoms with Gasteiger partial charge in [-0.15, -0.1) is 6.58 Å². The van der Waals surface area contributed by atoms with E-state index in [1.165, 1.54) is 0 Å². The Hall–Kier alpha value is -0.750. The van der Waals surface area contributed by atoms with Gasteiger partial charge in [0.2, 0.25) is 39.7 Å². The fourth-order valence-electron chi connectivity index (χ4n) is 5.95. The molecule has 0 bridgehead atoms. The first-order valence-electron chi connectivity index (χ1n) is 5.02. The lowest BCUT2D eigenvalue weighted by Crippen LogP contribution is -3.44.